The van der Waals surface area contributed by atoms with Crippen LogP contribution < -0.4 is 10.9 Å². The van der Waals surface area contributed by atoms with Crippen LogP contribution >= 0.6 is 11.3 Å². The van der Waals surface area contributed by atoms with Crippen molar-refractivity contribution in [3.8, 4) is 0 Å². The molecule has 0 aliphatic rings. The molecule has 0 aliphatic heterocycles. The Morgan fingerprint density at radius 1 is 1.53 bits per heavy atom. The Balaban J connectivity index is 2.08. The van der Waals surface area contributed by atoms with E-state index >= 15 is 0 Å². The van der Waals surface area contributed by atoms with E-state index in [1.165, 1.54) is 17.6 Å². The number of fused-ring (bicyclic) bond motifs is 1. The summed E-state index contributed by atoms with van der Waals surface area (Å²) in [4.78, 5) is 18.7. The van der Waals surface area contributed by atoms with Gasteiger partial charge in [0.25, 0.3) is 5.56 Å². The minimum absolute atomic E-state index is 0.0535. The van der Waals surface area contributed by atoms with Gasteiger partial charge < -0.3 is 10.3 Å². The van der Waals surface area contributed by atoms with E-state index in [4.69, 9.17) is 0 Å². The van der Waals surface area contributed by atoms with Crippen molar-refractivity contribution in [1.29, 1.82) is 0 Å². The van der Waals surface area contributed by atoms with Crippen LogP contribution in [0.5, 0.6) is 0 Å². The molecule has 0 saturated carbocycles. The van der Waals surface area contributed by atoms with E-state index < -0.39 is 9.84 Å². The molecule has 0 bridgehead atoms. The summed E-state index contributed by atoms with van der Waals surface area (Å²) in [6, 6.07) is 1.59. The van der Waals surface area contributed by atoms with Crippen LogP contribution in [0.4, 0.5) is 0 Å². The van der Waals surface area contributed by atoms with Crippen LogP contribution in [-0.4, -0.2) is 36.4 Å². The average molecular weight is 301 g/mol. The number of nitrogens with one attached hydrogen (secondary N) is 2. The van der Waals surface area contributed by atoms with Crippen molar-refractivity contribution in [2.75, 3.05) is 12.0 Å². The zero-order valence-corrected chi connectivity index (χ0v) is 12.3. The minimum Gasteiger partial charge on any atom is -0.308 e. The summed E-state index contributed by atoms with van der Waals surface area (Å²) in [6.45, 7) is 2.11. The lowest BCUT2D eigenvalue weighted by atomic mass is 10.4. The molecule has 0 amide bonds. The zero-order chi connectivity index (χ0) is 14.0. The van der Waals surface area contributed by atoms with E-state index in [2.05, 4.69) is 15.3 Å². The molecule has 6 nitrogen and oxygen atoms in total. The molecule has 0 radical (unpaired) electrons. The Hall–Kier alpha value is -1.25. The Morgan fingerprint density at radius 2 is 2.26 bits per heavy atom. The minimum atomic E-state index is -3.01. The summed E-state index contributed by atoms with van der Waals surface area (Å²) < 4.78 is 22.9. The second-order valence-electron chi connectivity index (χ2n) is 4.52. The molecule has 0 saturated heterocycles. The lowest BCUT2D eigenvalue weighted by molar-refractivity contribution is 0.551. The topological polar surface area (TPSA) is 91.9 Å². The van der Waals surface area contributed by atoms with Crippen LogP contribution in [0, 0.1) is 0 Å². The van der Waals surface area contributed by atoms with E-state index in [0.29, 0.717) is 22.6 Å². The maximum atomic E-state index is 11.7. The second-order valence-corrected chi connectivity index (χ2v) is 7.62. The smallest absolute Gasteiger partial charge is 0.268 e. The van der Waals surface area contributed by atoms with E-state index in [0.717, 1.165) is 0 Å². The first kappa shape index (κ1) is 14.2. The molecule has 0 aromatic carbocycles. The molecule has 2 aromatic heterocycles. The van der Waals surface area contributed by atoms with Crippen molar-refractivity contribution in [3.63, 3.8) is 0 Å². The number of sulfone groups is 1. The number of nitrogens with zero attached hydrogens (tertiary/aromatic N) is 1. The van der Waals surface area contributed by atoms with Gasteiger partial charge in [0.1, 0.15) is 20.4 Å². The Labute approximate surface area is 114 Å². The van der Waals surface area contributed by atoms with Gasteiger partial charge in [-0.15, -0.1) is 11.3 Å². The van der Waals surface area contributed by atoms with Gasteiger partial charge in [0.2, 0.25) is 0 Å². The van der Waals surface area contributed by atoms with Gasteiger partial charge in [0, 0.05) is 12.3 Å². The quantitative estimate of drug-likeness (QED) is 0.839. The van der Waals surface area contributed by atoms with Crippen molar-refractivity contribution >= 4 is 31.4 Å². The fourth-order valence-electron chi connectivity index (χ4n) is 1.79. The first-order valence-corrected chi connectivity index (χ1v) is 8.66. The molecular formula is C11H15N3O3S2. The number of rotatable bonds is 5. The van der Waals surface area contributed by atoms with Gasteiger partial charge >= 0.3 is 0 Å². The molecule has 2 heterocycles. The van der Waals surface area contributed by atoms with Gasteiger partial charge in [-0.25, -0.2) is 13.4 Å². The maximum Gasteiger partial charge on any atom is 0.268 e. The number of H-pyrrole nitrogens is 1. The molecule has 104 valence electrons. The largest absolute Gasteiger partial charge is 0.308 e. The SMILES string of the molecule is CC(CS(C)(=O)=O)NCc1nc2ccsc2c(=O)[nH]1. The highest BCUT2D eigenvalue weighted by Gasteiger charge is 2.11. The van der Waals surface area contributed by atoms with Crippen molar-refractivity contribution in [3.05, 3.63) is 27.6 Å². The Kier molecular flexibility index (Phi) is 4.02. The normalized spacial score (nSPS) is 13.8. The van der Waals surface area contributed by atoms with Gasteiger partial charge in [0.15, 0.2) is 0 Å². The van der Waals surface area contributed by atoms with E-state index in [-0.39, 0.29) is 17.4 Å². The molecule has 1 atom stereocenters. The predicted octanol–water partition coefficient (Wildman–Crippen LogP) is 0.507. The highest BCUT2D eigenvalue weighted by atomic mass is 32.2. The standard InChI is InChI=1S/C11H15N3O3S2/c1-7(6-19(2,16)17)12-5-9-13-8-3-4-18-10(8)11(15)14-9/h3-4,7,12H,5-6H2,1-2H3,(H,13,14,15). The van der Waals surface area contributed by atoms with Gasteiger partial charge in [-0.2, -0.15) is 0 Å². The summed E-state index contributed by atoms with van der Waals surface area (Å²) in [5.41, 5.74) is 0.508. The first-order valence-electron chi connectivity index (χ1n) is 5.72. The van der Waals surface area contributed by atoms with Crippen molar-refractivity contribution in [2.24, 2.45) is 0 Å². The van der Waals surface area contributed by atoms with Gasteiger partial charge in [-0.3, -0.25) is 4.79 Å². The predicted molar refractivity (Wildman–Crippen MR) is 76.3 cm³/mol. The summed E-state index contributed by atoms with van der Waals surface area (Å²) in [5, 5.41) is 4.85. The molecule has 0 aliphatic carbocycles. The van der Waals surface area contributed by atoms with Crippen LogP contribution in [0.25, 0.3) is 10.2 Å². The lowest BCUT2D eigenvalue weighted by Gasteiger charge is -2.11. The fraction of sp³-hybridized carbons (Fsp3) is 0.455. The summed E-state index contributed by atoms with van der Waals surface area (Å²) in [5.74, 6) is 0.564. The third kappa shape index (κ3) is 3.85. The van der Waals surface area contributed by atoms with Crippen molar-refractivity contribution in [2.45, 2.75) is 19.5 Å². The van der Waals surface area contributed by atoms with Crippen LogP contribution in [0.3, 0.4) is 0 Å². The molecule has 0 spiro atoms. The fourth-order valence-corrected chi connectivity index (χ4v) is 3.54. The third-order valence-electron chi connectivity index (χ3n) is 2.53. The molecule has 2 rings (SSSR count). The van der Waals surface area contributed by atoms with Gasteiger partial charge in [0.05, 0.1) is 17.8 Å². The molecule has 19 heavy (non-hydrogen) atoms. The number of hydrogen-bond donors (Lipinski definition) is 2. The monoisotopic (exact) mass is 301 g/mol. The van der Waals surface area contributed by atoms with Crippen LogP contribution in [0.15, 0.2) is 16.2 Å². The van der Waals surface area contributed by atoms with Crippen LogP contribution in [0.1, 0.15) is 12.7 Å². The molecular weight excluding hydrogens is 286 g/mol. The van der Waals surface area contributed by atoms with E-state index in [1.807, 2.05) is 5.38 Å². The van der Waals surface area contributed by atoms with Crippen molar-refractivity contribution in [1.82, 2.24) is 15.3 Å². The van der Waals surface area contributed by atoms with Gasteiger partial charge in [-0.1, -0.05) is 0 Å². The Morgan fingerprint density at radius 3 is 2.95 bits per heavy atom. The average Bonchev–Trinajstić information content (AvgIpc) is 2.72. The summed E-state index contributed by atoms with van der Waals surface area (Å²) in [7, 11) is -3.01. The number of thiophene rings is 1. The molecule has 2 N–H and O–H groups in total. The third-order valence-corrected chi connectivity index (χ3v) is 4.54. The highest BCUT2D eigenvalue weighted by molar-refractivity contribution is 7.90. The van der Waals surface area contributed by atoms with E-state index in [1.54, 1.807) is 13.0 Å². The molecule has 1 unspecified atom stereocenters. The Bertz CT molecular complexity index is 733. The van der Waals surface area contributed by atoms with E-state index in [9.17, 15) is 13.2 Å². The molecule has 8 heteroatoms. The summed E-state index contributed by atoms with van der Waals surface area (Å²) >= 11 is 1.35. The van der Waals surface area contributed by atoms with Crippen LogP contribution in [0.2, 0.25) is 0 Å². The lowest BCUT2D eigenvalue weighted by Crippen LogP contribution is -2.33. The second kappa shape index (κ2) is 5.40. The molecule has 2 aromatic rings. The number of hydrogen-bond acceptors (Lipinski definition) is 6. The zero-order valence-electron chi connectivity index (χ0n) is 10.6. The first-order chi connectivity index (χ1) is 8.85. The van der Waals surface area contributed by atoms with Crippen LogP contribution in [-0.2, 0) is 16.4 Å². The summed E-state index contributed by atoms with van der Waals surface area (Å²) in [6.07, 6.45) is 1.20. The molecule has 0 fully saturated rings. The maximum absolute atomic E-state index is 11.7. The number of aromatic nitrogens is 2. The number of aromatic amines is 1. The van der Waals surface area contributed by atoms with Gasteiger partial charge in [-0.05, 0) is 18.4 Å². The van der Waals surface area contributed by atoms with Crippen molar-refractivity contribution < 1.29 is 8.42 Å². The highest BCUT2D eigenvalue weighted by Crippen LogP contribution is 2.13.